The fourth-order valence-corrected chi connectivity index (χ4v) is 3.00. The Morgan fingerprint density at radius 2 is 2.14 bits per heavy atom. The molecule has 0 amide bonds. The molecule has 3 aromatic rings. The zero-order valence-corrected chi connectivity index (χ0v) is 12.1. The minimum Gasteiger partial charge on any atom is -0.493 e. The molecule has 0 saturated carbocycles. The van der Waals surface area contributed by atoms with Gasteiger partial charge in [-0.25, -0.2) is 0 Å². The second-order valence-electron chi connectivity index (χ2n) is 5.17. The predicted octanol–water partition coefficient (Wildman–Crippen LogP) is 4.34. The van der Waals surface area contributed by atoms with Crippen molar-refractivity contribution in [3.05, 3.63) is 58.7 Å². The summed E-state index contributed by atoms with van der Waals surface area (Å²) in [5.41, 5.74) is 3.28. The molecule has 2 heterocycles. The van der Waals surface area contributed by atoms with Crippen molar-refractivity contribution in [2.75, 3.05) is 6.61 Å². The molecular weight excluding hydrogens is 286 g/mol. The predicted molar refractivity (Wildman–Crippen MR) is 83.3 cm³/mol. The van der Waals surface area contributed by atoms with Crippen LogP contribution in [-0.4, -0.2) is 11.6 Å². The van der Waals surface area contributed by atoms with Crippen LogP contribution in [0.4, 0.5) is 0 Å². The fraction of sp³-hybridized carbons (Fsp3) is 0.176. The zero-order chi connectivity index (χ0) is 14.2. The van der Waals surface area contributed by atoms with E-state index < -0.39 is 0 Å². The first-order valence-electron chi connectivity index (χ1n) is 6.94. The van der Waals surface area contributed by atoms with Crippen LogP contribution >= 0.6 is 11.6 Å². The van der Waals surface area contributed by atoms with E-state index in [4.69, 9.17) is 21.1 Å². The summed E-state index contributed by atoms with van der Waals surface area (Å²) < 4.78 is 11.6. The first-order chi connectivity index (χ1) is 10.3. The Morgan fingerprint density at radius 1 is 1.19 bits per heavy atom. The maximum absolute atomic E-state index is 6.16. The van der Waals surface area contributed by atoms with Gasteiger partial charge < -0.3 is 14.5 Å². The maximum atomic E-state index is 6.16. The van der Waals surface area contributed by atoms with Gasteiger partial charge in [-0.3, -0.25) is 0 Å². The Balaban J connectivity index is 1.59. The van der Waals surface area contributed by atoms with Gasteiger partial charge in [-0.2, -0.15) is 0 Å². The van der Waals surface area contributed by atoms with Crippen molar-refractivity contribution in [3.63, 3.8) is 0 Å². The van der Waals surface area contributed by atoms with Gasteiger partial charge in [-0.05, 0) is 42.0 Å². The topological polar surface area (TPSA) is 34.2 Å². The third-order valence-corrected chi connectivity index (χ3v) is 3.96. The van der Waals surface area contributed by atoms with Crippen molar-refractivity contribution in [2.24, 2.45) is 0 Å². The molecule has 0 bridgehead atoms. The summed E-state index contributed by atoms with van der Waals surface area (Å²) in [6, 6.07) is 11.9. The minimum atomic E-state index is 0.457. The summed E-state index contributed by atoms with van der Waals surface area (Å²) in [6.45, 7) is 1.18. The zero-order valence-electron chi connectivity index (χ0n) is 11.4. The lowest BCUT2D eigenvalue weighted by Gasteiger charge is -2.11. The molecule has 2 aromatic carbocycles. The van der Waals surface area contributed by atoms with Crippen LogP contribution in [0.5, 0.6) is 11.5 Å². The molecular formula is C17H14ClNO2. The highest BCUT2D eigenvalue weighted by molar-refractivity contribution is 6.30. The van der Waals surface area contributed by atoms with Crippen LogP contribution in [0.1, 0.15) is 11.1 Å². The third-order valence-electron chi connectivity index (χ3n) is 3.74. The number of hydrogen-bond acceptors (Lipinski definition) is 2. The van der Waals surface area contributed by atoms with E-state index in [0.717, 1.165) is 46.0 Å². The van der Waals surface area contributed by atoms with Crippen molar-refractivity contribution in [3.8, 4) is 11.5 Å². The lowest BCUT2D eigenvalue weighted by molar-refractivity contribution is 0.292. The summed E-state index contributed by atoms with van der Waals surface area (Å²) in [5.74, 6) is 1.77. The van der Waals surface area contributed by atoms with Gasteiger partial charge in [0.05, 0.1) is 6.61 Å². The van der Waals surface area contributed by atoms with E-state index in [2.05, 4.69) is 4.98 Å². The molecule has 1 aliphatic heterocycles. The Kier molecular flexibility index (Phi) is 3.00. The molecule has 21 heavy (non-hydrogen) atoms. The number of aromatic nitrogens is 1. The van der Waals surface area contributed by atoms with Gasteiger partial charge in [0.1, 0.15) is 18.1 Å². The summed E-state index contributed by atoms with van der Waals surface area (Å²) in [6.07, 6.45) is 2.84. The maximum Gasteiger partial charge on any atom is 0.129 e. The normalized spacial score (nSPS) is 13.2. The number of halogens is 1. The van der Waals surface area contributed by atoms with E-state index in [1.807, 2.05) is 42.6 Å². The van der Waals surface area contributed by atoms with Gasteiger partial charge in [0.25, 0.3) is 0 Å². The number of ether oxygens (including phenoxy) is 2. The minimum absolute atomic E-state index is 0.457. The number of nitrogens with one attached hydrogen (secondary N) is 1. The highest BCUT2D eigenvalue weighted by atomic mass is 35.5. The van der Waals surface area contributed by atoms with Crippen LogP contribution < -0.4 is 9.47 Å². The largest absolute Gasteiger partial charge is 0.493 e. The standard InChI is InChI=1S/C17H14ClNO2/c18-14-7-12-4-6-20-17(12)13(8-14)10-21-15-1-2-16-11(9-15)3-5-19-16/h1-3,5,7-9,19H,4,6,10H2. The molecule has 3 nitrogen and oxygen atoms in total. The Bertz CT molecular complexity index is 810. The van der Waals surface area contributed by atoms with Crippen LogP contribution in [0.2, 0.25) is 5.02 Å². The van der Waals surface area contributed by atoms with Crippen molar-refractivity contribution in [2.45, 2.75) is 13.0 Å². The molecule has 106 valence electrons. The van der Waals surface area contributed by atoms with Crippen molar-refractivity contribution in [1.82, 2.24) is 4.98 Å². The average molecular weight is 300 g/mol. The summed E-state index contributed by atoms with van der Waals surface area (Å²) >= 11 is 6.16. The van der Waals surface area contributed by atoms with Gasteiger partial charge in [0, 0.05) is 34.1 Å². The van der Waals surface area contributed by atoms with Crippen LogP contribution in [0.15, 0.2) is 42.6 Å². The van der Waals surface area contributed by atoms with Crippen LogP contribution in [0, 0.1) is 0 Å². The molecule has 0 aliphatic carbocycles. The number of benzene rings is 2. The molecule has 0 fully saturated rings. The molecule has 0 saturated heterocycles. The van der Waals surface area contributed by atoms with Crippen LogP contribution in [0.3, 0.4) is 0 Å². The lowest BCUT2D eigenvalue weighted by atomic mass is 10.1. The molecule has 1 N–H and O–H groups in total. The SMILES string of the molecule is Clc1cc2c(c(COc3ccc4[nH]ccc4c3)c1)OCC2. The first kappa shape index (κ1) is 12.6. The smallest absolute Gasteiger partial charge is 0.129 e. The molecule has 0 radical (unpaired) electrons. The first-order valence-corrected chi connectivity index (χ1v) is 7.31. The number of rotatable bonds is 3. The fourth-order valence-electron chi connectivity index (χ4n) is 2.74. The molecule has 1 aliphatic rings. The van der Waals surface area contributed by atoms with E-state index in [1.54, 1.807) is 0 Å². The highest BCUT2D eigenvalue weighted by Crippen LogP contribution is 2.33. The average Bonchev–Trinajstić information content (AvgIpc) is 3.12. The molecule has 4 rings (SSSR count). The summed E-state index contributed by atoms with van der Waals surface area (Å²) in [7, 11) is 0. The van der Waals surface area contributed by atoms with E-state index in [1.165, 1.54) is 5.56 Å². The Morgan fingerprint density at radius 3 is 3.10 bits per heavy atom. The number of aromatic amines is 1. The van der Waals surface area contributed by atoms with E-state index >= 15 is 0 Å². The molecule has 0 spiro atoms. The van der Waals surface area contributed by atoms with E-state index in [0.29, 0.717) is 6.61 Å². The molecule has 4 heteroatoms. The van der Waals surface area contributed by atoms with Crippen molar-refractivity contribution in [1.29, 1.82) is 0 Å². The second-order valence-corrected chi connectivity index (χ2v) is 5.60. The number of hydrogen-bond donors (Lipinski definition) is 1. The number of H-pyrrole nitrogens is 1. The van der Waals surface area contributed by atoms with Crippen LogP contribution in [0.25, 0.3) is 10.9 Å². The second kappa shape index (κ2) is 5.01. The molecule has 0 unspecified atom stereocenters. The highest BCUT2D eigenvalue weighted by Gasteiger charge is 2.17. The third kappa shape index (κ3) is 2.34. The van der Waals surface area contributed by atoms with Gasteiger partial charge >= 0.3 is 0 Å². The van der Waals surface area contributed by atoms with Gasteiger partial charge in [0.2, 0.25) is 0 Å². The monoisotopic (exact) mass is 299 g/mol. The summed E-state index contributed by atoms with van der Waals surface area (Å²) in [4.78, 5) is 3.17. The van der Waals surface area contributed by atoms with Crippen LogP contribution in [-0.2, 0) is 13.0 Å². The lowest BCUT2D eigenvalue weighted by Crippen LogP contribution is -1.98. The number of fused-ring (bicyclic) bond motifs is 2. The summed E-state index contributed by atoms with van der Waals surface area (Å²) in [5, 5.41) is 1.87. The van der Waals surface area contributed by atoms with Crippen molar-refractivity contribution < 1.29 is 9.47 Å². The molecule has 1 aromatic heterocycles. The van der Waals surface area contributed by atoms with E-state index in [-0.39, 0.29) is 0 Å². The van der Waals surface area contributed by atoms with Gasteiger partial charge in [-0.15, -0.1) is 0 Å². The molecule has 0 atom stereocenters. The van der Waals surface area contributed by atoms with Gasteiger partial charge in [0.15, 0.2) is 0 Å². The quantitative estimate of drug-likeness (QED) is 0.781. The Hall–Kier alpha value is -2.13. The Labute approximate surface area is 127 Å². The van der Waals surface area contributed by atoms with Gasteiger partial charge in [-0.1, -0.05) is 11.6 Å². The van der Waals surface area contributed by atoms with Crippen molar-refractivity contribution >= 4 is 22.5 Å². The van der Waals surface area contributed by atoms with E-state index in [9.17, 15) is 0 Å².